The number of hydrogen-bond donors (Lipinski definition) is 2. The molecular formula is C37H68N2O8. The van der Waals surface area contributed by atoms with Gasteiger partial charge in [-0.05, 0) is 52.4 Å². The van der Waals surface area contributed by atoms with Crippen molar-refractivity contribution in [1.29, 1.82) is 0 Å². The molecule has 2 amide bonds. The van der Waals surface area contributed by atoms with E-state index >= 15 is 0 Å². The van der Waals surface area contributed by atoms with Crippen molar-refractivity contribution in [3.63, 3.8) is 0 Å². The third-order valence-corrected chi connectivity index (χ3v) is 8.38. The molecule has 0 aliphatic rings. The van der Waals surface area contributed by atoms with Crippen molar-refractivity contribution >= 4 is 29.7 Å². The standard InChI is InChI=1S/C37H68N2O8/c1-29(38-31(3)40)35(46-33(5)42)25-21-17-13-11-9-7-8-10-12-16-20-24-28-45-37(44)27-23-19-15-14-18-22-26-36(47-34(6)43)30(2)39-32(4)41/h29-30,35-36H,7-28H2,1-6H3,(H,38,40)(H,39,41)/t29-,30-,35-,36-/m1/s1. The fourth-order valence-corrected chi connectivity index (χ4v) is 5.87. The summed E-state index contributed by atoms with van der Waals surface area (Å²) in [5, 5.41) is 5.63. The Morgan fingerprint density at radius 2 is 0.787 bits per heavy atom. The molecule has 0 spiro atoms. The van der Waals surface area contributed by atoms with Crippen LogP contribution in [0, 0.1) is 0 Å². The van der Waals surface area contributed by atoms with Crippen LogP contribution in [0.3, 0.4) is 0 Å². The number of ether oxygens (including phenoxy) is 3. The van der Waals surface area contributed by atoms with Crippen LogP contribution >= 0.6 is 0 Å². The van der Waals surface area contributed by atoms with Crippen LogP contribution in [-0.4, -0.2) is 60.6 Å². The molecule has 0 saturated heterocycles. The molecule has 47 heavy (non-hydrogen) atoms. The molecule has 0 rings (SSSR count). The van der Waals surface area contributed by atoms with Crippen molar-refractivity contribution in [2.45, 2.75) is 201 Å². The summed E-state index contributed by atoms with van der Waals surface area (Å²) in [5.41, 5.74) is 0. The van der Waals surface area contributed by atoms with E-state index in [1.54, 1.807) is 0 Å². The van der Waals surface area contributed by atoms with Gasteiger partial charge in [-0.2, -0.15) is 0 Å². The lowest BCUT2D eigenvalue weighted by Gasteiger charge is -2.24. The molecule has 0 bridgehead atoms. The first-order valence-corrected chi connectivity index (χ1v) is 18.5. The Kier molecular flexibility index (Phi) is 27.8. The normalized spacial score (nSPS) is 13.6. The zero-order valence-electron chi connectivity index (χ0n) is 30.6. The first-order valence-electron chi connectivity index (χ1n) is 18.5. The number of unbranched alkanes of at least 4 members (excludes halogenated alkanes) is 16. The molecule has 2 N–H and O–H groups in total. The van der Waals surface area contributed by atoms with Crippen LogP contribution in [0.5, 0.6) is 0 Å². The van der Waals surface area contributed by atoms with E-state index < -0.39 is 0 Å². The Morgan fingerprint density at radius 1 is 0.468 bits per heavy atom. The minimum absolute atomic E-state index is 0.0926. The van der Waals surface area contributed by atoms with E-state index in [1.807, 2.05) is 13.8 Å². The zero-order chi connectivity index (χ0) is 35.3. The van der Waals surface area contributed by atoms with Crippen LogP contribution in [-0.2, 0) is 38.2 Å². The Hall–Kier alpha value is -2.65. The summed E-state index contributed by atoms with van der Waals surface area (Å²) in [7, 11) is 0. The highest BCUT2D eigenvalue weighted by molar-refractivity contribution is 5.73. The van der Waals surface area contributed by atoms with Crippen molar-refractivity contribution in [2.24, 2.45) is 0 Å². The van der Waals surface area contributed by atoms with Crippen LogP contribution in [0.15, 0.2) is 0 Å². The van der Waals surface area contributed by atoms with Crippen molar-refractivity contribution in [3.8, 4) is 0 Å². The van der Waals surface area contributed by atoms with Crippen LogP contribution in [0.4, 0.5) is 0 Å². The molecule has 0 fully saturated rings. The van der Waals surface area contributed by atoms with Gasteiger partial charge in [-0.1, -0.05) is 89.9 Å². The first kappa shape index (κ1) is 44.4. The van der Waals surface area contributed by atoms with E-state index in [4.69, 9.17) is 14.2 Å². The molecule has 0 aliphatic carbocycles. The fourth-order valence-electron chi connectivity index (χ4n) is 5.87. The Balaban J connectivity index is 3.59. The minimum Gasteiger partial charge on any atom is -0.466 e. The maximum atomic E-state index is 12.0. The second kappa shape index (κ2) is 29.5. The largest absolute Gasteiger partial charge is 0.466 e. The molecule has 0 unspecified atom stereocenters. The van der Waals surface area contributed by atoms with Gasteiger partial charge in [-0.3, -0.25) is 24.0 Å². The molecule has 0 aromatic heterocycles. The van der Waals surface area contributed by atoms with Gasteiger partial charge in [-0.25, -0.2) is 0 Å². The fraction of sp³-hybridized carbons (Fsp3) is 0.865. The van der Waals surface area contributed by atoms with Gasteiger partial charge < -0.3 is 24.8 Å². The average Bonchev–Trinajstić information content (AvgIpc) is 2.98. The average molecular weight is 669 g/mol. The number of carbonyl (C=O) groups excluding carboxylic acids is 5. The lowest BCUT2D eigenvalue weighted by atomic mass is 10.0. The molecule has 0 aromatic carbocycles. The maximum absolute atomic E-state index is 12.0. The molecule has 0 radical (unpaired) electrons. The monoisotopic (exact) mass is 668 g/mol. The molecule has 10 heteroatoms. The Morgan fingerprint density at radius 3 is 1.13 bits per heavy atom. The summed E-state index contributed by atoms with van der Waals surface area (Å²) in [6.07, 6.45) is 21.4. The summed E-state index contributed by atoms with van der Waals surface area (Å²) in [4.78, 5) is 57.4. The third kappa shape index (κ3) is 29.2. The molecule has 0 saturated carbocycles. The van der Waals surface area contributed by atoms with E-state index in [0.717, 1.165) is 77.0 Å². The Bertz CT molecular complexity index is 865. The first-order chi connectivity index (χ1) is 22.4. The molecule has 10 nitrogen and oxygen atoms in total. The highest BCUT2D eigenvalue weighted by Gasteiger charge is 2.21. The second-order valence-corrected chi connectivity index (χ2v) is 13.2. The summed E-state index contributed by atoms with van der Waals surface area (Å²) in [5.74, 6) is -0.970. The second-order valence-electron chi connectivity index (χ2n) is 13.2. The quantitative estimate of drug-likeness (QED) is 0.0453. The topological polar surface area (TPSA) is 137 Å². The van der Waals surface area contributed by atoms with Crippen LogP contribution < -0.4 is 10.6 Å². The lowest BCUT2D eigenvalue weighted by Crippen LogP contribution is -2.42. The molecule has 274 valence electrons. The van der Waals surface area contributed by atoms with Gasteiger partial charge in [0.15, 0.2) is 0 Å². The number of carbonyl (C=O) groups is 5. The van der Waals surface area contributed by atoms with Gasteiger partial charge in [0.25, 0.3) is 0 Å². The van der Waals surface area contributed by atoms with Crippen LogP contribution in [0.1, 0.15) is 176 Å². The van der Waals surface area contributed by atoms with E-state index in [2.05, 4.69) is 10.6 Å². The number of nitrogens with one attached hydrogen (secondary N) is 2. The van der Waals surface area contributed by atoms with Gasteiger partial charge in [0.05, 0.1) is 18.7 Å². The highest BCUT2D eigenvalue weighted by Crippen LogP contribution is 2.16. The smallest absolute Gasteiger partial charge is 0.305 e. The summed E-state index contributed by atoms with van der Waals surface area (Å²) >= 11 is 0. The van der Waals surface area contributed by atoms with Gasteiger partial charge in [0.1, 0.15) is 12.2 Å². The molecule has 0 aliphatic heterocycles. The number of rotatable bonds is 30. The van der Waals surface area contributed by atoms with Crippen molar-refractivity contribution in [2.75, 3.05) is 6.61 Å². The van der Waals surface area contributed by atoms with Gasteiger partial charge in [-0.15, -0.1) is 0 Å². The minimum atomic E-state index is -0.330. The summed E-state index contributed by atoms with van der Waals surface area (Å²) in [6.45, 7) is 10.00. The molecule has 0 aromatic rings. The van der Waals surface area contributed by atoms with E-state index in [1.165, 1.54) is 79.1 Å². The van der Waals surface area contributed by atoms with Crippen LogP contribution in [0.25, 0.3) is 0 Å². The van der Waals surface area contributed by atoms with Gasteiger partial charge in [0.2, 0.25) is 11.8 Å². The lowest BCUT2D eigenvalue weighted by molar-refractivity contribution is -0.149. The number of amides is 2. The highest BCUT2D eigenvalue weighted by atomic mass is 16.5. The summed E-state index contributed by atoms with van der Waals surface area (Å²) in [6, 6.07) is -0.381. The van der Waals surface area contributed by atoms with Crippen molar-refractivity contribution < 1.29 is 38.2 Å². The van der Waals surface area contributed by atoms with Crippen molar-refractivity contribution in [1.82, 2.24) is 10.6 Å². The third-order valence-electron chi connectivity index (χ3n) is 8.38. The van der Waals surface area contributed by atoms with Crippen molar-refractivity contribution in [3.05, 3.63) is 0 Å². The SMILES string of the molecule is CC(=O)N[C@H](C)[C@@H](CCCCCCCCCCCCCCOC(=O)CCCCCCCC[C@@H](OC(C)=O)[C@@H](C)NC(C)=O)OC(C)=O. The van der Waals surface area contributed by atoms with E-state index in [9.17, 15) is 24.0 Å². The zero-order valence-corrected chi connectivity index (χ0v) is 30.6. The summed E-state index contributed by atoms with van der Waals surface area (Å²) < 4.78 is 16.2. The predicted molar refractivity (Wildman–Crippen MR) is 186 cm³/mol. The Labute approximate surface area is 285 Å². The van der Waals surface area contributed by atoms with E-state index in [-0.39, 0.29) is 54.0 Å². The molecular weight excluding hydrogens is 600 g/mol. The number of hydrogen-bond acceptors (Lipinski definition) is 8. The van der Waals surface area contributed by atoms with Crippen LogP contribution in [0.2, 0.25) is 0 Å². The van der Waals surface area contributed by atoms with Gasteiger partial charge >= 0.3 is 17.9 Å². The molecule has 4 atom stereocenters. The van der Waals surface area contributed by atoms with E-state index in [0.29, 0.717) is 13.0 Å². The maximum Gasteiger partial charge on any atom is 0.305 e. The number of esters is 3. The van der Waals surface area contributed by atoms with Gasteiger partial charge in [0, 0.05) is 34.1 Å². The predicted octanol–water partition coefficient (Wildman–Crippen LogP) is 7.63. The molecule has 0 heterocycles.